The number of rotatable bonds is 2. The molecule has 2 heterocycles. The smallest absolute Gasteiger partial charge is 0.226 e. The van der Waals surface area contributed by atoms with E-state index in [-0.39, 0.29) is 5.41 Å². The highest BCUT2D eigenvalue weighted by atomic mass is 127. The highest BCUT2D eigenvalue weighted by molar-refractivity contribution is 14.1. The number of alkyl halides is 1. The first-order valence-electron chi connectivity index (χ1n) is 5.66. The Morgan fingerprint density at radius 1 is 1.38 bits per heavy atom. The van der Waals surface area contributed by atoms with Gasteiger partial charge in [-0.2, -0.15) is 4.98 Å². The average molecular weight is 337 g/mol. The standard InChI is InChI=1S/C10H17N3O.CH3I/c1-3-8-12-9(13-14-8)10(2)4-6-11-7-5-10;1-2/h11H,3-7H2,1-2H3;1H3. The number of piperidine rings is 1. The third-order valence-corrected chi connectivity index (χ3v) is 3.02. The van der Waals surface area contributed by atoms with Gasteiger partial charge in [-0.1, -0.05) is 41.6 Å². The fraction of sp³-hybridized carbons (Fsp3) is 0.818. The summed E-state index contributed by atoms with van der Waals surface area (Å²) in [6.07, 6.45) is 3.01. The van der Waals surface area contributed by atoms with Gasteiger partial charge in [0.2, 0.25) is 5.89 Å². The predicted molar refractivity (Wildman–Crippen MR) is 73.1 cm³/mol. The van der Waals surface area contributed by atoms with Crippen LogP contribution in [-0.2, 0) is 11.8 Å². The number of aromatic nitrogens is 2. The molecule has 0 amide bonds. The molecule has 92 valence electrons. The molecule has 4 nitrogen and oxygen atoms in total. The van der Waals surface area contributed by atoms with Crippen LogP contribution in [0.1, 0.15) is 38.4 Å². The number of aryl methyl sites for hydroxylation is 1. The third kappa shape index (κ3) is 3.16. The van der Waals surface area contributed by atoms with Crippen molar-refractivity contribution in [2.75, 3.05) is 18.0 Å². The first-order chi connectivity index (χ1) is 7.74. The maximum atomic E-state index is 5.15. The van der Waals surface area contributed by atoms with Gasteiger partial charge in [0, 0.05) is 11.8 Å². The summed E-state index contributed by atoms with van der Waals surface area (Å²) in [5.74, 6) is 1.63. The lowest BCUT2D eigenvalue weighted by Gasteiger charge is -2.30. The fourth-order valence-corrected chi connectivity index (χ4v) is 1.85. The molecule has 2 rings (SSSR count). The van der Waals surface area contributed by atoms with E-state index in [9.17, 15) is 0 Å². The Hall–Kier alpha value is -0.170. The van der Waals surface area contributed by atoms with Crippen molar-refractivity contribution in [3.05, 3.63) is 11.7 Å². The number of hydrogen-bond acceptors (Lipinski definition) is 4. The van der Waals surface area contributed by atoms with Gasteiger partial charge < -0.3 is 9.84 Å². The Labute approximate surface area is 111 Å². The molecule has 0 atom stereocenters. The van der Waals surface area contributed by atoms with Crippen LogP contribution in [0, 0.1) is 0 Å². The topological polar surface area (TPSA) is 51.0 Å². The summed E-state index contributed by atoms with van der Waals surface area (Å²) in [4.78, 5) is 6.39. The second-order valence-electron chi connectivity index (χ2n) is 4.18. The number of hydrogen-bond donors (Lipinski definition) is 1. The number of halogens is 1. The van der Waals surface area contributed by atoms with Crippen LogP contribution >= 0.6 is 22.6 Å². The quantitative estimate of drug-likeness (QED) is 0.665. The van der Waals surface area contributed by atoms with E-state index in [0.717, 1.165) is 44.1 Å². The lowest BCUT2D eigenvalue weighted by atomic mass is 9.80. The normalized spacial score (nSPS) is 18.8. The molecule has 0 saturated carbocycles. The zero-order valence-electron chi connectivity index (χ0n) is 10.2. The molecule has 0 bridgehead atoms. The Bertz CT molecular complexity index is 308. The minimum absolute atomic E-state index is 0.113. The first kappa shape index (κ1) is 13.9. The minimum atomic E-state index is 0.113. The molecule has 0 aliphatic carbocycles. The summed E-state index contributed by atoms with van der Waals surface area (Å²) in [5, 5.41) is 7.41. The largest absolute Gasteiger partial charge is 0.339 e. The maximum Gasteiger partial charge on any atom is 0.226 e. The van der Waals surface area contributed by atoms with Gasteiger partial charge in [0.25, 0.3) is 0 Å². The van der Waals surface area contributed by atoms with E-state index in [4.69, 9.17) is 4.52 Å². The maximum absolute atomic E-state index is 5.15. The van der Waals surface area contributed by atoms with Crippen LogP contribution in [0.3, 0.4) is 0 Å². The molecule has 0 spiro atoms. The number of nitrogens with zero attached hydrogens (tertiary/aromatic N) is 2. The molecule has 1 aliphatic rings. The molecule has 0 aromatic carbocycles. The molecule has 0 radical (unpaired) electrons. The third-order valence-electron chi connectivity index (χ3n) is 3.02. The van der Waals surface area contributed by atoms with Crippen LogP contribution < -0.4 is 5.32 Å². The summed E-state index contributed by atoms with van der Waals surface area (Å²) < 4.78 is 5.15. The van der Waals surface area contributed by atoms with E-state index < -0.39 is 0 Å². The Balaban J connectivity index is 0.000000606. The van der Waals surface area contributed by atoms with Gasteiger partial charge in [0.15, 0.2) is 5.82 Å². The van der Waals surface area contributed by atoms with Gasteiger partial charge in [-0.15, -0.1) is 0 Å². The van der Waals surface area contributed by atoms with Gasteiger partial charge >= 0.3 is 0 Å². The van der Waals surface area contributed by atoms with E-state index in [0.29, 0.717) is 0 Å². The van der Waals surface area contributed by atoms with Gasteiger partial charge in [0.05, 0.1) is 0 Å². The van der Waals surface area contributed by atoms with E-state index in [1.165, 1.54) is 0 Å². The molecule has 1 saturated heterocycles. The Morgan fingerprint density at radius 3 is 2.50 bits per heavy atom. The predicted octanol–water partition coefficient (Wildman–Crippen LogP) is 2.32. The average Bonchev–Trinajstić information content (AvgIpc) is 2.82. The highest BCUT2D eigenvalue weighted by Gasteiger charge is 2.33. The van der Waals surface area contributed by atoms with Crippen LogP contribution in [0.5, 0.6) is 0 Å². The van der Waals surface area contributed by atoms with E-state index in [1.54, 1.807) is 0 Å². The molecule has 1 aromatic rings. The van der Waals surface area contributed by atoms with Gasteiger partial charge in [0.1, 0.15) is 0 Å². The van der Waals surface area contributed by atoms with E-state index in [1.807, 2.05) is 11.9 Å². The Morgan fingerprint density at radius 2 is 2.00 bits per heavy atom. The monoisotopic (exact) mass is 337 g/mol. The molecule has 1 fully saturated rings. The molecule has 0 unspecified atom stereocenters. The molecular weight excluding hydrogens is 317 g/mol. The molecule has 1 aliphatic heterocycles. The van der Waals surface area contributed by atoms with Crippen LogP contribution in [0.15, 0.2) is 4.52 Å². The van der Waals surface area contributed by atoms with E-state index in [2.05, 4.69) is 45.0 Å². The lowest BCUT2D eigenvalue weighted by molar-refractivity contribution is 0.299. The zero-order chi connectivity index (χ0) is 12.0. The van der Waals surface area contributed by atoms with Crippen molar-refractivity contribution in [3.8, 4) is 0 Å². The number of nitrogens with one attached hydrogen (secondary N) is 1. The zero-order valence-corrected chi connectivity index (χ0v) is 12.4. The van der Waals surface area contributed by atoms with Crippen LogP contribution in [0.25, 0.3) is 0 Å². The van der Waals surface area contributed by atoms with Gasteiger partial charge in [-0.05, 0) is 30.9 Å². The molecule has 5 heteroatoms. The summed E-state index contributed by atoms with van der Waals surface area (Å²) in [7, 11) is 0. The molecule has 1 aromatic heterocycles. The molecule has 1 N–H and O–H groups in total. The van der Waals surface area contributed by atoms with Crippen molar-refractivity contribution >= 4 is 22.6 Å². The van der Waals surface area contributed by atoms with Crippen LogP contribution in [0.4, 0.5) is 0 Å². The SMILES string of the molecule is CCc1nc(C2(C)CCNCC2)no1.CI. The second-order valence-corrected chi connectivity index (χ2v) is 4.18. The van der Waals surface area contributed by atoms with E-state index >= 15 is 0 Å². The van der Waals surface area contributed by atoms with Crippen LogP contribution in [-0.4, -0.2) is 28.2 Å². The minimum Gasteiger partial charge on any atom is -0.339 e. The summed E-state index contributed by atoms with van der Waals surface area (Å²) >= 11 is 2.15. The van der Waals surface area contributed by atoms with Crippen molar-refractivity contribution < 1.29 is 4.52 Å². The highest BCUT2D eigenvalue weighted by Crippen LogP contribution is 2.30. The Kier molecular flexibility index (Phi) is 5.68. The molecule has 16 heavy (non-hydrogen) atoms. The second kappa shape index (κ2) is 6.54. The lowest BCUT2D eigenvalue weighted by Crippen LogP contribution is -2.38. The van der Waals surface area contributed by atoms with Crippen molar-refractivity contribution in [2.24, 2.45) is 0 Å². The van der Waals surface area contributed by atoms with Gasteiger partial charge in [-0.25, -0.2) is 0 Å². The van der Waals surface area contributed by atoms with Gasteiger partial charge in [-0.3, -0.25) is 0 Å². The summed E-state index contributed by atoms with van der Waals surface area (Å²) in [6.45, 7) is 6.35. The molecular formula is C11H20IN3O. The van der Waals surface area contributed by atoms with Crippen molar-refractivity contribution in [2.45, 2.75) is 38.5 Å². The summed E-state index contributed by atoms with van der Waals surface area (Å²) in [5.41, 5.74) is 0.113. The van der Waals surface area contributed by atoms with Crippen molar-refractivity contribution in [1.82, 2.24) is 15.5 Å². The summed E-state index contributed by atoms with van der Waals surface area (Å²) in [6, 6.07) is 0. The van der Waals surface area contributed by atoms with Crippen LogP contribution in [0.2, 0.25) is 0 Å². The fourth-order valence-electron chi connectivity index (χ4n) is 1.85. The first-order valence-corrected chi connectivity index (χ1v) is 7.82. The van der Waals surface area contributed by atoms with Crippen molar-refractivity contribution in [1.29, 1.82) is 0 Å². The van der Waals surface area contributed by atoms with Crippen molar-refractivity contribution in [3.63, 3.8) is 0 Å².